The number of hydrogen-bond acceptors (Lipinski definition) is 0. The smallest absolute Gasteiger partial charge is 0.0891 e. The summed E-state index contributed by atoms with van der Waals surface area (Å²) in [7, 11) is 1.40. The van der Waals surface area contributed by atoms with Crippen LogP contribution in [-0.4, -0.2) is 7.28 Å². The maximum atomic E-state index is 2.44. The van der Waals surface area contributed by atoms with Crippen molar-refractivity contribution in [1.82, 2.24) is 0 Å². The standard InChI is InChI=1S/C11H23B/c1-9-6-4-5-7-11(12-3)8-10(9)2/h9-12H,4-8H2,1-3H3. The number of hydrogen-bond donors (Lipinski definition) is 0. The van der Waals surface area contributed by atoms with Crippen LogP contribution in [-0.2, 0) is 0 Å². The molecule has 0 aromatic heterocycles. The third-order valence-corrected chi connectivity index (χ3v) is 3.78. The molecule has 0 spiro atoms. The SMILES string of the molecule is CBC1CCCCC(C)C(C)C1. The van der Waals surface area contributed by atoms with Crippen LogP contribution in [0.25, 0.3) is 0 Å². The normalized spacial score (nSPS) is 38.4. The molecule has 0 radical (unpaired) electrons. The Morgan fingerprint density at radius 2 is 1.67 bits per heavy atom. The maximum Gasteiger partial charge on any atom is 0.121 e. The topological polar surface area (TPSA) is 0 Å². The van der Waals surface area contributed by atoms with E-state index in [1.165, 1.54) is 39.4 Å². The second-order valence-corrected chi connectivity index (χ2v) is 4.75. The molecule has 3 unspecified atom stereocenters. The molecule has 1 aliphatic rings. The molecule has 1 fully saturated rings. The molecular weight excluding hydrogens is 143 g/mol. The van der Waals surface area contributed by atoms with Gasteiger partial charge >= 0.3 is 0 Å². The lowest BCUT2D eigenvalue weighted by molar-refractivity contribution is 0.301. The van der Waals surface area contributed by atoms with Gasteiger partial charge in [-0.1, -0.05) is 58.6 Å². The first kappa shape index (κ1) is 10.1. The highest BCUT2D eigenvalue weighted by molar-refractivity contribution is 6.35. The summed E-state index contributed by atoms with van der Waals surface area (Å²) in [5, 5.41) is 0. The molecule has 0 aromatic rings. The molecule has 0 aromatic carbocycles. The van der Waals surface area contributed by atoms with Crippen molar-refractivity contribution in [3.8, 4) is 0 Å². The quantitative estimate of drug-likeness (QED) is 0.523. The molecular formula is C11H23B. The molecule has 1 saturated carbocycles. The summed E-state index contributed by atoms with van der Waals surface area (Å²) in [6, 6.07) is 0. The highest BCUT2D eigenvalue weighted by atomic mass is 14.2. The Bertz CT molecular complexity index is 122. The summed E-state index contributed by atoms with van der Waals surface area (Å²) >= 11 is 0. The Morgan fingerprint density at radius 3 is 2.33 bits per heavy atom. The molecule has 12 heavy (non-hydrogen) atoms. The van der Waals surface area contributed by atoms with E-state index in [1.54, 1.807) is 0 Å². The second-order valence-electron chi connectivity index (χ2n) is 4.75. The van der Waals surface area contributed by atoms with Crippen LogP contribution >= 0.6 is 0 Å². The Morgan fingerprint density at radius 1 is 1.00 bits per heavy atom. The first-order valence-electron chi connectivity index (χ1n) is 5.74. The van der Waals surface area contributed by atoms with Crippen molar-refractivity contribution in [2.75, 3.05) is 0 Å². The fraction of sp³-hybridized carbons (Fsp3) is 1.00. The van der Waals surface area contributed by atoms with E-state index in [2.05, 4.69) is 20.7 Å². The van der Waals surface area contributed by atoms with Crippen molar-refractivity contribution < 1.29 is 0 Å². The Kier molecular flexibility index (Phi) is 4.18. The zero-order valence-electron chi connectivity index (χ0n) is 8.97. The average molecular weight is 166 g/mol. The zero-order valence-corrected chi connectivity index (χ0v) is 8.97. The monoisotopic (exact) mass is 166 g/mol. The Balaban J connectivity index is 2.40. The van der Waals surface area contributed by atoms with Crippen molar-refractivity contribution in [3.05, 3.63) is 0 Å². The maximum absolute atomic E-state index is 2.44. The predicted octanol–water partition coefficient (Wildman–Crippen LogP) is 3.50. The largest absolute Gasteiger partial charge is 0.121 e. The van der Waals surface area contributed by atoms with E-state index in [-0.39, 0.29) is 0 Å². The average Bonchev–Trinajstić information content (AvgIpc) is 2.06. The van der Waals surface area contributed by atoms with E-state index in [0.717, 1.165) is 17.7 Å². The highest BCUT2D eigenvalue weighted by Crippen LogP contribution is 2.32. The van der Waals surface area contributed by atoms with Gasteiger partial charge in [0.1, 0.15) is 7.28 Å². The van der Waals surface area contributed by atoms with Gasteiger partial charge in [0.15, 0.2) is 0 Å². The summed E-state index contributed by atoms with van der Waals surface area (Å²) in [6.07, 6.45) is 7.40. The lowest BCUT2D eigenvalue weighted by Gasteiger charge is -2.27. The Hall–Kier alpha value is 0.0649. The van der Waals surface area contributed by atoms with Crippen LogP contribution in [0.2, 0.25) is 12.6 Å². The van der Waals surface area contributed by atoms with Crippen molar-refractivity contribution in [3.63, 3.8) is 0 Å². The van der Waals surface area contributed by atoms with Gasteiger partial charge in [-0.15, -0.1) is 0 Å². The summed E-state index contributed by atoms with van der Waals surface area (Å²) in [4.78, 5) is 0. The minimum atomic E-state index is 0.968. The molecule has 0 amide bonds. The minimum absolute atomic E-state index is 0.968. The minimum Gasteiger partial charge on any atom is -0.0891 e. The molecule has 70 valence electrons. The van der Waals surface area contributed by atoms with E-state index in [1.807, 2.05) is 0 Å². The molecule has 1 aliphatic carbocycles. The lowest BCUT2D eigenvalue weighted by Crippen LogP contribution is -2.15. The van der Waals surface area contributed by atoms with Gasteiger partial charge in [-0.05, 0) is 11.8 Å². The van der Waals surface area contributed by atoms with Crippen LogP contribution in [0.4, 0.5) is 0 Å². The van der Waals surface area contributed by atoms with Crippen LogP contribution in [0.15, 0.2) is 0 Å². The van der Waals surface area contributed by atoms with E-state index >= 15 is 0 Å². The van der Waals surface area contributed by atoms with Crippen molar-refractivity contribution >= 4 is 7.28 Å². The summed E-state index contributed by atoms with van der Waals surface area (Å²) in [5.41, 5.74) is 0. The van der Waals surface area contributed by atoms with Crippen LogP contribution in [0, 0.1) is 11.8 Å². The van der Waals surface area contributed by atoms with E-state index < -0.39 is 0 Å². The number of rotatable bonds is 1. The van der Waals surface area contributed by atoms with Gasteiger partial charge in [-0.2, -0.15) is 0 Å². The summed E-state index contributed by atoms with van der Waals surface area (Å²) in [5.74, 6) is 2.97. The molecule has 0 saturated heterocycles. The van der Waals surface area contributed by atoms with Gasteiger partial charge in [-0.3, -0.25) is 0 Å². The van der Waals surface area contributed by atoms with Crippen LogP contribution in [0.5, 0.6) is 0 Å². The van der Waals surface area contributed by atoms with Crippen LogP contribution < -0.4 is 0 Å². The second kappa shape index (κ2) is 4.94. The molecule has 0 N–H and O–H groups in total. The van der Waals surface area contributed by atoms with Crippen LogP contribution in [0.3, 0.4) is 0 Å². The molecule has 3 atom stereocenters. The molecule has 1 heteroatoms. The van der Waals surface area contributed by atoms with Crippen molar-refractivity contribution in [2.45, 2.75) is 58.6 Å². The summed E-state index contributed by atoms with van der Waals surface area (Å²) < 4.78 is 0. The highest BCUT2D eigenvalue weighted by Gasteiger charge is 2.19. The van der Waals surface area contributed by atoms with E-state index in [9.17, 15) is 0 Å². The third kappa shape index (κ3) is 2.84. The van der Waals surface area contributed by atoms with Gasteiger partial charge in [0.25, 0.3) is 0 Å². The lowest BCUT2D eigenvalue weighted by atomic mass is 9.60. The first-order chi connectivity index (χ1) is 5.74. The predicted molar refractivity (Wildman–Crippen MR) is 58.2 cm³/mol. The molecule has 0 aliphatic heterocycles. The van der Waals surface area contributed by atoms with Gasteiger partial charge in [-0.25, -0.2) is 0 Å². The zero-order chi connectivity index (χ0) is 8.97. The van der Waals surface area contributed by atoms with Gasteiger partial charge in [0.2, 0.25) is 0 Å². The van der Waals surface area contributed by atoms with Crippen LogP contribution in [0.1, 0.15) is 46.0 Å². The summed E-state index contributed by atoms with van der Waals surface area (Å²) in [6.45, 7) is 7.23. The Labute approximate surface area is 78.4 Å². The molecule has 0 bridgehead atoms. The van der Waals surface area contributed by atoms with Crippen molar-refractivity contribution in [1.29, 1.82) is 0 Å². The van der Waals surface area contributed by atoms with Gasteiger partial charge in [0, 0.05) is 0 Å². The molecule has 0 heterocycles. The van der Waals surface area contributed by atoms with Gasteiger partial charge in [0.05, 0.1) is 0 Å². The molecule has 0 nitrogen and oxygen atoms in total. The third-order valence-electron chi connectivity index (χ3n) is 3.78. The molecule has 1 rings (SSSR count). The fourth-order valence-corrected chi connectivity index (χ4v) is 2.43. The van der Waals surface area contributed by atoms with E-state index in [4.69, 9.17) is 0 Å². The van der Waals surface area contributed by atoms with Gasteiger partial charge < -0.3 is 0 Å². The first-order valence-corrected chi connectivity index (χ1v) is 5.74. The van der Waals surface area contributed by atoms with Crippen molar-refractivity contribution in [2.24, 2.45) is 11.8 Å². The fourth-order valence-electron chi connectivity index (χ4n) is 2.43. The van der Waals surface area contributed by atoms with E-state index in [0.29, 0.717) is 0 Å².